The number of hydrogen-bond acceptors (Lipinski definition) is 8. The average Bonchev–Trinajstić information content (AvgIpc) is 3.00. The maximum Gasteiger partial charge on any atom is 0.315 e. The number of amides is 2. The van der Waals surface area contributed by atoms with Crippen LogP contribution in [0.3, 0.4) is 0 Å². The van der Waals surface area contributed by atoms with Crippen molar-refractivity contribution in [2.75, 3.05) is 26.3 Å². The maximum atomic E-state index is 13.1. The highest BCUT2D eigenvalue weighted by Gasteiger charge is 2.64. The van der Waals surface area contributed by atoms with E-state index in [-0.39, 0.29) is 23.7 Å². The number of unbranched alkanes of at least 4 members (excludes halogenated alkanes) is 3. The van der Waals surface area contributed by atoms with Crippen LogP contribution in [0.25, 0.3) is 0 Å². The molecule has 1 saturated carbocycles. The zero-order valence-corrected chi connectivity index (χ0v) is 26.2. The minimum absolute atomic E-state index is 0.0134. The molecule has 0 spiro atoms. The van der Waals surface area contributed by atoms with Gasteiger partial charge in [-0.25, -0.2) is 0 Å². The van der Waals surface area contributed by atoms with Gasteiger partial charge in [0.25, 0.3) is 0 Å². The fourth-order valence-corrected chi connectivity index (χ4v) is 6.43. The Morgan fingerprint density at radius 3 is 1.58 bits per heavy atom. The van der Waals surface area contributed by atoms with E-state index in [0.717, 1.165) is 43.2 Å². The Balaban J connectivity index is 1.18. The predicted molar refractivity (Wildman–Crippen MR) is 167 cm³/mol. The Morgan fingerprint density at radius 1 is 0.644 bits per heavy atom. The number of fused-ring (bicyclic) bond motifs is 8. The highest BCUT2D eigenvalue weighted by Crippen LogP contribution is 2.65. The lowest BCUT2D eigenvalue weighted by atomic mass is 9.51. The fraction of sp³-hybridized carbons (Fsp3) is 0.543. The minimum atomic E-state index is -0.606. The van der Waals surface area contributed by atoms with Crippen molar-refractivity contribution >= 4 is 23.8 Å². The van der Waals surface area contributed by atoms with Gasteiger partial charge < -0.3 is 29.6 Å². The summed E-state index contributed by atoms with van der Waals surface area (Å²) in [6, 6.07) is 10.9. The molecule has 2 aromatic carbocycles. The van der Waals surface area contributed by atoms with Gasteiger partial charge in [-0.15, -0.1) is 0 Å². The molecule has 10 nitrogen and oxygen atoms in total. The van der Waals surface area contributed by atoms with Crippen molar-refractivity contribution in [2.45, 2.75) is 83.5 Å². The molecule has 1 aliphatic carbocycles. The highest BCUT2D eigenvalue weighted by molar-refractivity contribution is 5.92. The largest absolute Gasteiger partial charge is 0.493 e. The summed E-state index contributed by atoms with van der Waals surface area (Å²) in [5, 5.41) is 5.83. The van der Waals surface area contributed by atoms with Crippen molar-refractivity contribution in [3.05, 3.63) is 47.5 Å². The number of nitrogens with one attached hydrogen (secondary N) is 2. The standard InChI is InChI=1S/C35H44N2O8/c1-3-5-7-17-37-29(39)11-9-19-43-23-13-15-25-27(21-23)45-35(41)33-31(25)30-24-14-12-22(20-26(24)44-34(40)32(30)33)42-18-8-10-28(38)36-16-6-4-2/h12-15,20-21,30-33H,3-11,16-19H2,1-2H3,(H,36,38)(H,37,39). The first-order valence-corrected chi connectivity index (χ1v) is 16.4. The van der Waals surface area contributed by atoms with E-state index in [9.17, 15) is 19.2 Å². The SMILES string of the molecule is CCCCCNC(=O)CCCOc1ccc2c(c1)OC(=O)C1C3C(=O)Oc4cc(OCCCC(=O)NCCCC)ccc4C3C21. The third kappa shape index (κ3) is 7.60. The summed E-state index contributed by atoms with van der Waals surface area (Å²) >= 11 is 0. The first kappa shape index (κ1) is 32.3. The average molecular weight is 621 g/mol. The maximum absolute atomic E-state index is 13.1. The molecule has 45 heavy (non-hydrogen) atoms. The summed E-state index contributed by atoms with van der Waals surface area (Å²) in [6.07, 6.45) is 7.11. The molecule has 5 rings (SSSR count). The summed E-state index contributed by atoms with van der Waals surface area (Å²) in [4.78, 5) is 50.0. The molecule has 242 valence electrons. The Kier molecular flexibility index (Phi) is 11.0. The van der Waals surface area contributed by atoms with Crippen LogP contribution in [0, 0.1) is 11.8 Å². The monoisotopic (exact) mass is 620 g/mol. The number of rotatable bonds is 17. The highest BCUT2D eigenvalue weighted by atomic mass is 16.5. The molecule has 0 radical (unpaired) electrons. The first-order valence-electron chi connectivity index (χ1n) is 16.4. The molecule has 2 aliphatic heterocycles. The van der Waals surface area contributed by atoms with Crippen molar-refractivity contribution in [3.8, 4) is 23.0 Å². The van der Waals surface area contributed by atoms with E-state index in [4.69, 9.17) is 18.9 Å². The third-order valence-electron chi connectivity index (χ3n) is 8.79. The number of carbonyl (C=O) groups excluding carboxylic acids is 4. The molecule has 2 aromatic rings. The smallest absolute Gasteiger partial charge is 0.315 e. The van der Waals surface area contributed by atoms with E-state index < -0.39 is 23.8 Å². The number of esters is 2. The van der Waals surface area contributed by atoms with Crippen molar-refractivity contribution in [1.29, 1.82) is 0 Å². The molecule has 0 aromatic heterocycles. The zero-order chi connectivity index (χ0) is 31.8. The first-order chi connectivity index (χ1) is 21.9. The number of hydrogen-bond donors (Lipinski definition) is 2. The Morgan fingerprint density at radius 2 is 1.11 bits per heavy atom. The van der Waals surface area contributed by atoms with Crippen LogP contribution in [0.4, 0.5) is 0 Å². The summed E-state index contributed by atoms with van der Waals surface area (Å²) in [6.45, 7) is 6.32. The van der Waals surface area contributed by atoms with Crippen LogP contribution in [-0.4, -0.2) is 50.1 Å². The second-order valence-electron chi connectivity index (χ2n) is 12.0. The van der Waals surface area contributed by atoms with Gasteiger partial charge in [0, 0.05) is 49.9 Å². The molecule has 4 unspecified atom stereocenters. The number of benzene rings is 2. The number of carbonyl (C=O) groups is 4. The van der Waals surface area contributed by atoms with Gasteiger partial charge in [0.15, 0.2) is 0 Å². The van der Waals surface area contributed by atoms with Crippen LogP contribution in [0.5, 0.6) is 23.0 Å². The van der Waals surface area contributed by atoms with Gasteiger partial charge in [-0.2, -0.15) is 0 Å². The van der Waals surface area contributed by atoms with Crippen LogP contribution in [0.15, 0.2) is 36.4 Å². The molecular weight excluding hydrogens is 576 g/mol. The van der Waals surface area contributed by atoms with E-state index in [1.165, 1.54) is 0 Å². The van der Waals surface area contributed by atoms with Crippen molar-refractivity contribution < 1.29 is 38.1 Å². The molecule has 1 fully saturated rings. The van der Waals surface area contributed by atoms with E-state index in [0.29, 0.717) is 75.0 Å². The lowest BCUT2D eigenvalue weighted by Crippen LogP contribution is -2.57. The minimum Gasteiger partial charge on any atom is -0.493 e. The van der Waals surface area contributed by atoms with Crippen LogP contribution < -0.4 is 29.6 Å². The van der Waals surface area contributed by atoms with E-state index >= 15 is 0 Å². The van der Waals surface area contributed by atoms with Crippen molar-refractivity contribution in [3.63, 3.8) is 0 Å². The lowest BCUT2D eigenvalue weighted by molar-refractivity contribution is -0.165. The van der Waals surface area contributed by atoms with Gasteiger partial charge >= 0.3 is 11.9 Å². The third-order valence-corrected chi connectivity index (χ3v) is 8.79. The summed E-state index contributed by atoms with van der Waals surface area (Å²) in [7, 11) is 0. The van der Waals surface area contributed by atoms with Gasteiger partial charge in [0.1, 0.15) is 23.0 Å². The summed E-state index contributed by atoms with van der Waals surface area (Å²) < 4.78 is 23.1. The topological polar surface area (TPSA) is 129 Å². The molecule has 0 bridgehead atoms. The lowest BCUT2D eigenvalue weighted by Gasteiger charge is -2.53. The molecule has 0 saturated heterocycles. The van der Waals surface area contributed by atoms with Crippen molar-refractivity contribution in [2.24, 2.45) is 11.8 Å². The molecule has 2 N–H and O–H groups in total. The predicted octanol–water partition coefficient (Wildman–Crippen LogP) is 5.18. The van der Waals surface area contributed by atoms with Crippen LogP contribution >= 0.6 is 0 Å². The van der Waals surface area contributed by atoms with Crippen LogP contribution in [-0.2, 0) is 19.2 Å². The van der Waals surface area contributed by atoms with Crippen LogP contribution in [0.2, 0.25) is 0 Å². The molecule has 2 amide bonds. The normalized spacial score (nSPS) is 20.7. The second-order valence-corrected chi connectivity index (χ2v) is 12.0. The van der Waals surface area contributed by atoms with E-state index in [1.54, 1.807) is 12.1 Å². The van der Waals surface area contributed by atoms with Gasteiger partial charge in [-0.1, -0.05) is 45.2 Å². The van der Waals surface area contributed by atoms with Crippen molar-refractivity contribution in [1.82, 2.24) is 10.6 Å². The van der Waals surface area contributed by atoms with Gasteiger partial charge in [-0.3, -0.25) is 19.2 Å². The Hall–Kier alpha value is -4.08. The molecule has 10 heteroatoms. The quantitative estimate of drug-likeness (QED) is 0.141. The molecular formula is C35H44N2O8. The van der Waals surface area contributed by atoms with Gasteiger partial charge in [0.05, 0.1) is 25.0 Å². The Bertz CT molecular complexity index is 1390. The fourth-order valence-electron chi connectivity index (χ4n) is 6.43. The summed E-state index contributed by atoms with van der Waals surface area (Å²) in [5.74, 6) is -0.516. The van der Waals surface area contributed by atoms with Crippen LogP contribution in [0.1, 0.15) is 94.6 Å². The van der Waals surface area contributed by atoms with Gasteiger partial charge in [0.2, 0.25) is 11.8 Å². The zero-order valence-electron chi connectivity index (χ0n) is 26.2. The molecule has 3 aliphatic rings. The molecule has 4 atom stereocenters. The van der Waals surface area contributed by atoms with E-state index in [1.807, 2.05) is 24.3 Å². The van der Waals surface area contributed by atoms with E-state index in [2.05, 4.69) is 24.5 Å². The molecule has 2 heterocycles. The number of ether oxygens (including phenoxy) is 4. The second kappa shape index (κ2) is 15.3. The summed E-state index contributed by atoms with van der Waals surface area (Å²) in [5.41, 5.74) is 1.72. The van der Waals surface area contributed by atoms with Gasteiger partial charge in [-0.05, 0) is 48.9 Å². The Labute approximate surface area is 264 Å².